The van der Waals surface area contributed by atoms with Gasteiger partial charge in [0, 0.05) is 19.2 Å². The van der Waals surface area contributed by atoms with Gasteiger partial charge in [0.25, 0.3) is 0 Å². The number of alkyl halides is 3. The van der Waals surface area contributed by atoms with E-state index in [4.69, 9.17) is 4.74 Å². The zero-order chi connectivity index (χ0) is 22.3. The van der Waals surface area contributed by atoms with Gasteiger partial charge in [-0.2, -0.15) is 18.3 Å². The Morgan fingerprint density at radius 3 is 2.65 bits per heavy atom. The summed E-state index contributed by atoms with van der Waals surface area (Å²) in [6, 6.07) is 3.30. The number of aliphatic hydroxyl groups excluding tert-OH is 1. The Morgan fingerprint density at radius 1 is 1.19 bits per heavy atom. The number of piperidine rings is 1. The number of hydrogen-bond acceptors (Lipinski definition) is 5. The summed E-state index contributed by atoms with van der Waals surface area (Å²) in [6.07, 6.45) is -2.00. The van der Waals surface area contributed by atoms with E-state index in [9.17, 15) is 23.1 Å². The van der Waals surface area contributed by atoms with E-state index in [1.165, 1.54) is 13.2 Å². The molecule has 1 saturated heterocycles. The van der Waals surface area contributed by atoms with Crippen molar-refractivity contribution < 1.29 is 27.8 Å². The van der Waals surface area contributed by atoms with Gasteiger partial charge in [-0.15, -0.1) is 5.10 Å². The molecule has 2 aliphatic rings. The first-order chi connectivity index (χ1) is 14.7. The van der Waals surface area contributed by atoms with Gasteiger partial charge in [0.05, 0.1) is 24.3 Å². The van der Waals surface area contributed by atoms with Gasteiger partial charge in [0.1, 0.15) is 17.5 Å². The highest BCUT2D eigenvalue weighted by Gasteiger charge is 2.37. The number of rotatable bonds is 4. The molecule has 0 radical (unpaired) electrons. The van der Waals surface area contributed by atoms with Crippen molar-refractivity contribution in [3.05, 3.63) is 40.6 Å². The number of methoxy groups -OCH3 is 1. The summed E-state index contributed by atoms with van der Waals surface area (Å²) in [5.41, 5.74) is 2.16. The van der Waals surface area contributed by atoms with Crippen LogP contribution in [-0.2, 0) is 23.8 Å². The second-order valence-corrected chi connectivity index (χ2v) is 8.11. The van der Waals surface area contributed by atoms with Crippen molar-refractivity contribution >= 4 is 5.91 Å². The summed E-state index contributed by atoms with van der Waals surface area (Å²) in [5.74, 6) is -0.611. The van der Waals surface area contributed by atoms with Gasteiger partial charge in [0.15, 0.2) is 0 Å². The minimum Gasteiger partial charge on any atom is -0.496 e. The van der Waals surface area contributed by atoms with Gasteiger partial charge in [-0.25, -0.2) is 0 Å². The number of amides is 1. The first-order valence-electron chi connectivity index (χ1n) is 10.3. The maximum Gasteiger partial charge on any atom is 0.416 e. The summed E-state index contributed by atoms with van der Waals surface area (Å²) in [6.45, 7) is 0.665. The summed E-state index contributed by atoms with van der Waals surface area (Å²) < 4.78 is 44.5. The van der Waals surface area contributed by atoms with Crippen LogP contribution in [0.1, 0.15) is 47.8 Å². The lowest BCUT2D eigenvalue weighted by molar-refractivity contribution is -0.141. The van der Waals surface area contributed by atoms with Crippen molar-refractivity contribution in [2.75, 3.05) is 20.7 Å². The Labute approximate surface area is 178 Å². The second-order valence-electron chi connectivity index (χ2n) is 8.11. The number of fused-ring (bicyclic) bond motifs is 1. The minimum atomic E-state index is -4.48. The van der Waals surface area contributed by atoms with Crippen LogP contribution in [0.3, 0.4) is 0 Å². The predicted molar refractivity (Wildman–Crippen MR) is 106 cm³/mol. The molecule has 1 fully saturated rings. The fourth-order valence-electron chi connectivity index (χ4n) is 4.58. The summed E-state index contributed by atoms with van der Waals surface area (Å²) in [4.78, 5) is 14.2. The Kier molecular flexibility index (Phi) is 5.63. The molecule has 1 aliphatic heterocycles. The smallest absolute Gasteiger partial charge is 0.416 e. The second kappa shape index (κ2) is 8.11. The number of nitrogens with zero attached hydrogens (tertiary/aromatic N) is 3. The summed E-state index contributed by atoms with van der Waals surface area (Å²) >= 11 is 0. The van der Waals surface area contributed by atoms with Crippen molar-refractivity contribution in [2.45, 2.75) is 44.4 Å². The summed E-state index contributed by atoms with van der Waals surface area (Å²) in [5, 5.41) is 19.5. The maximum absolute atomic E-state index is 13.1. The number of hydrogen-bond donors (Lipinski definition) is 1. The highest BCUT2D eigenvalue weighted by Crippen LogP contribution is 2.41. The largest absolute Gasteiger partial charge is 0.496 e. The van der Waals surface area contributed by atoms with Crippen LogP contribution < -0.4 is 4.74 Å². The Morgan fingerprint density at radius 2 is 1.94 bits per heavy atom. The van der Waals surface area contributed by atoms with Gasteiger partial charge >= 0.3 is 6.18 Å². The van der Waals surface area contributed by atoms with Gasteiger partial charge in [-0.3, -0.25) is 4.79 Å². The molecule has 4 rings (SSSR count). The van der Waals surface area contributed by atoms with Crippen molar-refractivity contribution in [3.8, 4) is 17.0 Å². The van der Waals surface area contributed by atoms with Crippen LogP contribution in [0.2, 0.25) is 0 Å². The van der Waals surface area contributed by atoms with Crippen molar-refractivity contribution in [1.29, 1.82) is 0 Å². The number of likely N-dealkylation sites (tertiary alicyclic amines) is 1. The van der Waals surface area contributed by atoms with Crippen LogP contribution in [-0.4, -0.2) is 46.8 Å². The highest BCUT2D eigenvalue weighted by atomic mass is 19.4. The lowest BCUT2D eigenvalue weighted by atomic mass is 9.87. The minimum absolute atomic E-state index is 0.0654. The average Bonchev–Trinajstić information content (AvgIpc) is 3.23. The fraction of sp³-hybridized carbons (Fsp3) is 0.500. The third-order valence-corrected chi connectivity index (χ3v) is 6.22. The third kappa shape index (κ3) is 3.86. The molecule has 1 N–H and O–H groups in total. The molecular formula is C22H24F3N3O3. The molecule has 0 bridgehead atoms. The first-order valence-corrected chi connectivity index (χ1v) is 10.3. The molecule has 166 valence electrons. The standard InChI is InChI=1S/C22H24F3N3O3/c1-28-10-4-7-16(21(28)30)20(29)19-14-6-3-5-13(14)18(26-27-19)15-9-8-12(22(23,24)25)11-17(15)31-2/h8-9,11,16,20,29H,3-7,10H2,1-2H3. The van der Waals surface area contributed by atoms with E-state index in [0.717, 1.165) is 36.1 Å². The van der Waals surface area contributed by atoms with Crippen molar-refractivity contribution in [1.82, 2.24) is 15.1 Å². The molecule has 1 aliphatic carbocycles. The molecule has 2 aromatic rings. The molecule has 2 atom stereocenters. The lowest BCUT2D eigenvalue weighted by Crippen LogP contribution is -2.41. The van der Waals surface area contributed by atoms with E-state index in [0.29, 0.717) is 42.8 Å². The topological polar surface area (TPSA) is 75.6 Å². The van der Waals surface area contributed by atoms with E-state index in [1.807, 2.05) is 0 Å². The van der Waals surface area contributed by atoms with Crippen LogP contribution in [0.15, 0.2) is 18.2 Å². The molecule has 31 heavy (non-hydrogen) atoms. The van der Waals surface area contributed by atoms with Gasteiger partial charge in [0.2, 0.25) is 5.91 Å². The normalized spacial score (nSPS) is 20.0. The highest BCUT2D eigenvalue weighted by molar-refractivity contribution is 5.80. The number of aliphatic hydroxyl groups is 1. The number of carbonyl (C=O) groups is 1. The monoisotopic (exact) mass is 435 g/mol. The molecule has 1 amide bonds. The van der Waals surface area contributed by atoms with Crippen molar-refractivity contribution in [2.24, 2.45) is 5.92 Å². The Bertz CT molecular complexity index is 1010. The number of halogens is 3. The fourth-order valence-corrected chi connectivity index (χ4v) is 4.58. The average molecular weight is 435 g/mol. The molecule has 2 heterocycles. The molecule has 6 nitrogen and oxygen atoms in total. The number of carbonyl (C=O) groups excluding carboxylic acids is 1. The molecule has 0 spiro atoms. The molecular weight excluding hydrogens is 411 g/mol. The third-order valence-electron chi connectivity index (χ3n) is 6.22. The molecule has 1 aromatic carbocycles. The SMILES string of the molecule is COc1cc(C(F)(F)F)ccc1-c1nnc(C(O)C2CCCN(C)C2=O)c2c1CCC2. The van der Waals surface area contributed by atoms with E-state index in [2.05, 4.69) is 10.2 Å². The predicted octanol–water partition coefficient (Wildman–Crippen LogP) is 3.56. The zero-order valence-electron chi connectivity index (χ0n) is 17.4. The van der Waals surface area contributed by atoms with Gasteiger partial charge in [-0.1, -0.05) is 0 Å². The van der Waals surface area contributed by atoms with Crippen LogP contribution in [0, 0.1) is 5.92 Å². The van der Waals surface area contributed by atoms with Crippen LogP contribution in [0.25, 0.3) is 11.3 Å². The number of aromatic nitrogens is 2. The lowest BCUT2D eigenvalue weighted by Gasteiger charge is -2.32. The van der Waals surface area contributed by atoms with E-state index >= 15 is 0 Å². The summed E-state index contributed by atoms with van der Waals surface area (Å²) in [7, 11) is 3.03. The molecule has 9 heteroatoms. The first kappa shape index (κ1) is 21.5. The Hall–Kier alpha value is -2.68. The quantitative estimate of drug-likeness (QED) is 0.795. The maximum atomic E-state index is 13.1. The van der Waals surface area contributed by atoms with Crippen molar-refractivity contribution in [3.63, 3.8) is 0 Å². The molecule has 2 unspecified atom stereocenters. The van der Waals surface area contributed by atoms with Gasteiger partial charge < -0.3 is 14.7 Å². The van der Waals surface area contributed by atoms with Gasteiger partial charge in [-0.05, 0) is 61.4 Å². The van der Waals surface area contributed by atoms with E-state index < -0.39 is 23.8 Å². The van der Waals surface area contributed by atoms with E-state index in [1.54, 1.807) is 11.9 Å². The van der Waals surface area contributed by atoms with Crippen LogP contribution in [0.4, 0.5) is 13.2 Å². The Balaban J connectivity index is 1.75. The molecule has 1 aromatic heterocycles. The van der Waals surface area contributed by atoms with E-state index in [-0.39, 0.29) is 11.7 Å². The zero-order valence-corrected chi connectivity index (χ0v) is 17.4. The molecule has 0 saturated carbocycles. The number of ether oxygens (including phenoxy) is 1. The van der Waals surface area contributed by atoms with Crippen LogP contribution >= 0.6 is 0 Å². The number of benzene rings is 1. The van der Waals surface area contributed by atoms with Crippen LogP contribution in [0.5, 0.6) is 5.75 Å².